The molecule has 0 aliphatic carbocycles. The Balaban J connectivity index is 1.45. The predicted molar refractivity (Wildman–Crippen MR) is 116 cm³/mol. The van der Waals surface area contributed by atoms with Crippen molar-refractivity contribution in [2.75, 3.05) is 13.1 Å². The molecule has 1 aliphatic rings. The second kappa shape index (κ2) is 8.78. The standard InChI is InChI=1S/C24H30N4O/c1-3-27-23(25-28(24(27)29)18-20-9-5-4-6-10-20)22-12-14-26(15-13-22)17-21-11-7-8-19(2)16-21/h4-11,16,22H,3,12-15,17-18H2,1-2H3. The summed E-state index contributed by atoms with van der Waals surface area (Å²) >= 11 is 0. The Labute approximate surface area is 172 Å². The Morgan fingerprint density at radius 2 is 1.69 bits per heavy atom. The molecular weight excluding hydrogens is 360 g/mol. The quantitative estimate of drug-likeness (QED) is 0.643. The second-order valence-corrected chi connectivity index (χ2v) is 8.07. The number of aryl methyl sites for hydroxylation is 1. The molecule has 0 amide bonds. The van der Waals surface area contributed by atoms with Gasteiger partial charge in [0.1, 0.15) is 5.82 Å². The zero-order chi connectivity index (χ0) is 20.2. The molecule has 152 valence electrons. The van der Waals surface area contributed by atoms with Gasteiger partial charge in [0.05, 0.1) is 6.54 Å². The highest BCUT2D eigenvalue weighted by atomic mass is 16.2. The average Bonchev–Trinajstić information content (AvgIpc) is 3.05. The first-order valence-electron chi connectivity index (χ1n) is 10.6. The highest BCUT2D eigenvalue weighted by Gasteiger charge is 2.26. The molecule has 0 N–H and O–H groups in total. The zero-order valence-electron chi connectivity index (χ0n) is 17.4. The largest absolute Gasteiger partial charge is 0.346 e. The Bertz CT molecular complexity index is 997. The zero-order valence-corrected chi connectivity index (χ0v) is 17.4. The fourth-order valence-electron chi connectivity index (χ4n) is 4.33. The Morgan fingerprint density at radius 3 is 2.38 bits per heavy atom. The number of likely N-dealkylation sites (tertiary alicyclic amines) is 1. The van der Waals surface area contributed by atoms with Crippen molar-refractivity contribution in [2.24, 2.45) is 0 Å². The molecule has 3 aromatic rings. The van der Waals surface area contributed by atoms with Gasteiger partial charge in [0, 0.05) is 19.0 Å². The van der Waals surface area contributed by atoms with Gasteiger partial charge in [-0.25, -0.2) is 9.48 Å². The van der Waals surface area contributed by atoms with Crippen LogP contribution in [-0.4, -0.2) is 32.3 Å². The molecule has 5 heteroatoms. The van der Waals surface area contributed by atoms with Gasteiger partial charge in [-0.05, 0) is 50.9 Å². The van der Waals surface area contributed by atoms with E-state index in [0.717, 1.165) is 43.9 Å². The van der Waals surface area contributed by atoms with Crippen LogP contribution < -0.4 is 5.69 Å². The van der Waals surface area contributed by atoms with Gasteiger partial charge in [0.25, 0.3) is 0 Å². The van der Waals surface area contributed by atoms with Gasteiger partial charge >= 0.3 is 5.69 Å². The van der Waals surface area contributed by atoms with E-state index in [-0.39, 0.29) is 5.69 Å². The third-order valence-corrected chi connectivity index (χ3v) is 5.88. The monoisotopic (exact) mass is 390 g/mol. The lowest BCUT2D eigenvalue weighted by Crippen LogP contribution is -2.33. The first-order valence-corrected chi connectivity index (χ1v) is 10.6. The average molecular weight is 391 g/mol. The molecule has 5 nitrogen and oxygen atoms in total. The number of hydrogen-bond acceptors (Lipinski definition) is 3. The number of benzene rings is 2. The Kier molecular flexibility index (Phi) is 5.95. The van der Waals surface area contributed by atoms with E-state index in [1.807, 2.05) is 41.8 Å². The fraction of sp³-hybridized carbons (Fsp3) is 0.417. The van der Waals surface area contributed by atoms with Crippen LogP contribution in [0.25, 0.3) is 0 Å². The van der Waals surface area contributed by atoms with Gasteiger partial charge in [0.15, 0.2) is 0 Å². The smallest absolute Gasteiger partial charge is 0.299 e. The van der Waals surface area contributed by atoms with Crippen molar-refractivity contribution in [2.45, 2.75) is 52.2 Å². The molecule has 29 heavy (non-hydrogen) atoms. The summed E-state index contributed by atoms with van der Waals surface area (Å²) in [5.41, 5.74) is 3.80. The number of rotatable bonds is 6. The molecule has 2 aromatic carbocycles. The van der Waals surface area contributed by atoms with E-state index in [9.17, 15) is 4.79 Å². The maximum absolute atomic E-state index is 12.9. The van der Waals surface area contributed by atoms with E-state index in [1.165, 1.54) is 11.1 Å². The summed E-state index contributed by atoms with van der Waals surface area (Å²) in [6, 6.07) is 18.8. The van der Waals surface area contributed by atoms with E-state index in [4.69, 9.17) is 5.10 Å². The molecule has 1 fully saturated rings. The van der Waals surface area contributed by atoms with Crippen LogP contribution in [0.2, 0.25) is 0 Å². The molecule has 0 bridgehead atoms. The second-order valence-electron chi connectivity index (χ2n) is 8.07. The van der Waals surface area contributed by atoms with E-state index >= 15 is 0 Å². The fourth-order valence-corrected chi connectivity index (χ4v) is 4.33. The van der Waals surface area contributed by atoms with Crippen LogP contribution in [0.4, 0.5) is 0 Å². The van der Waals surface area contributed by atoms with Gasteiger partial charge in [-0.15, -0.1) is 0 Å². The topological polar surface area (TPSA) is 43.1 Å². The lowest BCUT2D eigenvalue weighted by atomic mass is 9.95. The van der Waals surface area contributed by atoms with Crippen molar-refractivity contribution in [3.8, 4) is 0 Å². The predicted octanol–water partition coefficient (Wildman–Crippen LogP) is 3.80. The van der Waals surface area contributed by atoms with Crippen molar-refractivity contribution in [3.63, 3.8) is 0 Å². The van der Waals surface area contributed by atoms with Crippen LogP contribution in [0.15, 0.2) is 59.4 Å². The minimum Gasteiger partial charge on any atom is -0.299 e. The molecule has 1 aromatic heterocycles. The highest BCUT2D eigenvalue weighted by Crippen LogP contribution is 2.27. The molecule has 4 rings (SSSR count). The minimum atomic E-state index is 0.00791. The lowest BCUT2D eigenvalue weighted by molar-refractivity contribution is 0.200. The van der Waals surface area contributed by atoms with Crippen molar-refractivity contribution in [1.29, 1.82) is 0 Å². The first-order chi connectivity index (χ1) is 14.1. The van der Waals surface area contributed by atoms with E-state index in [2.05, 4.69) is 36.1 Å². The summed E-state index contributed by atoms with van der Waals surface area (Å²) in [5.74, 6) is 1.32. The molecule has 0 saturated carbocycles. The van der Waals surface area contributed by atoms with Crippen LogP contribution in [0, 0.1) is 6.92 Å². The SMILES string of the molecule is CCn1c(C2CCN(Cc3cccc(C)c3)CC2)nn(Cc2ccccc2)c1=O. The molecule has 0 spiro atoms. The molecular formula is C24H30N4O. The maximum Gasteiger partial charge on any atom is 0.346 e. The third-order valence-electron chi connectivity index (χ3n) is 5.88. The van der Waals surface area contributed by atoms with Crippen LogP contribution in [0.3, 0.4) is 0 Å². The summed E-state index contributed by atoms with van der Waals surface area (Å²) in [6.07, 6.45) is 2.10. The summed E-state index contributed by atoms with van der Waals surface area (Å²) < 4.78 is 3.50. The van der Waals surface area contributed by atoms with E-state index in [1.54, 1.807) is 4.68 Å². The number of piperidine rings is 1. The molecule has 0 unspecified atom stereocenters. The van der Waals surface area contributed by atoms with Gasteiger partial charge in [-0.1, -0.05) is 60.2 Å². The first kappa shape index (κ1) is 19.6. The van der Waals surface area contributed by atoms with Gasteiger partial charge in [-0.3, -0.25) is 9.47 Å². The van der Waals surface area contributed by atoms with Crippen molar-refractivity contribution in [1.82, 2.24) is 19.2 Å². The van der Waals surface area contributed by atoms with Crippen LogP contribution in [0.1, 0.15) is 48.2 Å². The Morgan fingerprint density at radius 1 is 0.966 bits per heavy atom. The van der Waals surface area contributed by atoms with Crippen LogP contribution >= 0.6 is 0 Å². The summed E-state index contributed by atoms with van der Waals surface area (Å²) in [6.45, 7) is 8.47. The minimum absolute atomic E-state index is 0.00791. The highest BCUT2D eigenvalue weighted by molar-refractivity contribution is 5.22. The maximum atomic E-state index is 12.9. The van der Waals surface area contributed by atoms with Gasteiger partial charge in [0.2, 0.25) is 0 Å². The third kappa shape index (κ3) is 4.51. The van der Waals surface area contributed by atoms with Crippen LogP contribution in [0.5, 0.6) is 0 Å². The van der Waals surface area contributed by atoms with Gasteiger partial charge < -0.3 is 0 Å². The van der Waals surface area contributed by atoms with E-state index in [0.29, 0.717) is 19.0 Å². The number of hydrogen-bond donors (Lipinski definition) is 0. The lowest BCUT2D eigenvalue weighted by Gasteiger charge is -2.31. The molecule has 1 saturated heterocycles. The van der Waals surface area contributed by atoms with Gasteiger partial charge in [-0.2, -0.15) is 5.10 Å². The molecule has 1 aliphatic heterocycles. The summed E-state index contributed by atoms with van der Waals surface area (Å²) in [7, 11) is 0. The van der Waals surface area contributed by atoms with E-state index < -0.39 is 0 Å². The summed E-state index contributed by atoms with van der Waals surface area (Å²) in [4.78, 5) is 15.4. The van der Waals surface area contributed by atoms with Crippen molar-refractivity contribution in [3.05, 3.63) is 87.6 Å². The molecule has 0 radical (unpaired) electrons. The van der Waals surface area contributed by atoms with Crippen molar-refractivity contribution < 1.29 is 0 Å². The number of aromatic nitrogens is 3. The normalized spacial score (nSPS) is 15.7. The van der Waals surface area contributed by atoms with Crippen molar-refractivity contribution >= 4 is 0 Å². The Hall–Kier alpha value is -2.66. The molecule has 2 heterocycles. The number of nitrogens with zero attached hydrogens (tertiary/aromatic N) is 4. The van der Waals surface area contributed by atoms with Crippen LogP contribution in [-0.2, 0) is 19.6 Å². The molecule has 0 atom stereocenters. The summed E-state index contributed by atoms with van der Waals surface area (Å²) in [5, 5.41) is 4.77.